The summed E-state index contributed by atoms with van der Waals surface area (Å²) in [6.07, 6.45) is 4.33. The van der Waals surface area contributed by atoms with Crippen LogP contribution in [0.15, 0.2) is 48.5 Å². The first kappa shape index (κ1) is 17.5. The van der Waals surface area contributed by atoms with Crippen molar-refractivity contribution in [3.05, 3.63) is 59.7 Å². The Morgan fingerprint density at radius 1 is 1.16 bits per heavy atom. The molecule has 0 fully saturated rings. The second-order valence-electron chi connectivity index (χ2n) is 6.70. The maximum absolute atomic E-state index is 12.5. The molecule has 1 unspecified atom stereocenters. The Hall–Kier alpha value is -2.29. The number of benzene rings is 2. The van der Waals surface area contributed by atoms with E-state index in [1.165, 1.54) is 11.1 Å². The first-order valence-corrected chi connectivity index (χ1v) is 9.23. The fourth-order valence-corrected chi connectivity index (χ4v) is 3.65. The van der Waals surface area contributed by atoms with Crippen LogP contribution in [-0.2, 0) is 11.2 Å². The van der Waals surface area contributed by atoms with Crippen LogP contribution in [0.1, 0.15) is 49.8 Å². The molecule has 2 aromatic carbocycles. The van der Waals surface area contributed by atoms with Gasteiger partial charge in [0.25, 0.3) is 0 Å². The minimum Gasteiger partial charge on any atom is -0.497 e. The second kappa shape index (κ2) is 8.19. The van der Waals surface area contributed by atoms with E-state index in [2.05, 4.69) is 48.2 Å². The van der Waals surface area contributed by atoms with Crippen molar-refractivity contribution in [2.45, 2.75) is 45.1 Å². The zero-order valence-electron chi connectivity index (χ0n) is 15.2. The van der Waals surface area contributed by atoms with Gasteiger partial charge in [-0.3, -0.25) is 4.79 Å². The number of hydrogen-bond acceptors (Lipinski definition) is 3. The van der Waals surface area contributed by atoms with Gasteiger partial charge in [0.15, 0.2) is 0 Å². The van der Waals surface area contributed by atoms with Gasteiger partial charge in [-0.25, -0.2) is 0 Å². The maximum Gasteiger partial charge on any atom is 0.135 e. The van der Waals surface area contributed by atoms with E-state index in [0.29, 0.717) is 18.6 Å². The van der Waals surface area contributed by atoms with E-state index in [1.807, 2.05) is 12.1 Å². The highest BCUT2D eigenvalue weighted by Gasteiger charge is 2.29. The monoisotopic (exact) mass is 337 g/mol. The second-order valence-corrected chi connectivity index (χ2v) is 6.70. The van der Waals surface area contributed by atoms with Crippen LogP contribution in [0.4, 0.5) is 5.69 Å². The van der Waals surface area contributed by atoms with Crippen LogP contribution < -0.4 is 9.64 Å². The molecule has 0 radical (unpaired) electrons. The van der Waals surface area contributed by atoms with Crippen molar-refractivity contribution >= 4 is 11.5 Å². The fraction of sp³-hybridized carbons (Fsp3) is 0.409. The molecule has 0 aliphatic carbocycles. The molecule has 132 valence electrons. The minimum atomic E-state index is 0.128. The molecule has 1 atom stereocenters. The van der Waals surface area contributed by atoms with Crippen LogP contribution in [0.3, 0.4) is 0 Å². The molecule has 0 spiro atoms. The lowest BCUT2D eigenvalue weighted by molar-refractivity contribution is -0.119. The molecule has 0 bridgehead atoms. The molecule has 3 heteroatoms. The van der Waals surface area contributed by atoms with Gasteiger partial charge < -0.3 is 9.64 Å². The molecule has 3 rings (SSSR count). The average Bonchev–Trinajstić information content (AvgIpc) is 2.67. The Morgan fingerprint density at radius 3 is 2.64 bits per heavy atom. The van der Waals surface area contributed by atoms with Gasteiger partial charge in [-0.1, -0.05) is 37.6 Å². The molecule has 3 nitrogen and oxygen atoms in total. The van der Waals surface area contributed by atoms with E-state index < -0.39 is 0 Å². The molecular weight excluding hydrogens is 310 g/mol. The van der Waals surface area contributed by atoms with Crippen LogP contribution in [0, 0.1) is 0 Å². The van der Waals surface area contributed by atoms with Crippen molar-refractivity contribution in [2.24, 2.45) is 0 Å². The number of anilines is 1. The van der Waals surface area contributed by atoms with Crippen molar-refractivity contribution < 1.29 is 9.53 Å². The summed E-state index contributed by atoms with van der Waals surface area (Å²) in [4.78, 5) is 14.9. The number of methoxy groups -OCH3 is 1. The van der Waals surface area contributed by atoms with E-state index in [9.17, 15) is 4.79 Å². The van der Waals surface area contributed by atoms with Crippen LogP contribution in [-0.4, -0.2) is 19.4 Å². The average molecular weight is 337 g/mol. The Morgan fingerprint density at radius 2 is 1.92 bits per heavy atom. The van der Waals surface area contributed by atoms with E-state index in [-0.39, 0.29) is 6.04 Å². The number of unbranched alkanes of at least 4 members (excludes halogenated alkanes) is 1. The molecule has 0 N–H and O–H groups in total. The van der Waals surface area contributed by atoms with Gasteiger partial charge in [-0.15, -0.1) is 0 Å². The van der Waals surface area contributed by atoms with Crippen molar-refractivity contribution in [1.82, 2.24) is 0 Å². The van der Waals surface area contributed by atoms with Gasteiger partial charge in [-0.05, 0) is 48.2 Å². The summed E-state index contributed by atoms with van der Waals surface area (Å²) in [5.74, 6) is 1.22. The summed E-state index contributed by atoms with van der Waals surface area (Å²) in [5.41, 5.74) is 3.83. The predicted molar refractivity (Wildman–Crippen MR) is 102 cm³/mol. The molecule has 2 aromatic rings. The van der Waals surface area contributed by atoms with Gasteiger partial charge in [-0.2, -0.15) is 0 Å². The molecule has 1 aliphatic heterocycles. The number of hydrogen-bond donors (Lipinski definition) is 0. The van der Waals surface area contributed by atoms with Crippen molar-refractivity contribution in [1.29, 1.82) is 0 Å². The molecule has 0 saturated heterocycles. The fourth-order valence-electron chi connectivity index (χ4n) is 3.65. The third-order valence-electron chi connectivity index (χ3n) is 5.05. The summed E-state index contributed by atoms with van der Waals surface area (Å²) in [5, 5.41) is 0. The van der Waals surface area contributed by atoms with Gasteiger partial charge in [0, 0.05) is 25.1 Å². The standard InChI is InChI=1S/C22H27NO2/c1-3-4-8-19(24)16-22-21-9-6-5-7-17(21)14-15-23(22)18-10-12-20(25-2)13-11-18/h5-7,9-13,22H,3-4,8,14-16H2,1-2H3. The summed E-state index contributed by atoms with van der Waals surface area (Å²) in [6.45, 7) is 3.07. The lowest BCUT2D eigenvalue weighted by Crippen LogP contribution is -2.36. The number of carbonyl (C=O) groups is 1. The Balaban J connectivity index is 1.88. The number of ether oxygens (including phenoxy) is 1. The number of rotatable bonds is 7. The molecule has 0 aromatic heterocycles. The SMILES string of the molecule is CCCCC(=O)CC1c2ccccc2CCN1c1ccc(OC)cc1. The number of nitrogens with zero attached hydrogens (tertiary/aromatic N) is 1. The number of ketones is 1. The zero-order chi connectivity index (χ0) is 17.6. The minimum absolute atomic E-state index is 0.128. The lowest BCUT2D eigenvalue weighted by atomic mass is 9.88. The Labute approximate surface area is 150 Å². The normalized spacial score (nSPS) is 16.4. The van der Waals surface area contributed by atoms with Gasteiger partial charge >= 0.3 is 0 Å². The summed E-state index contributed by atoms with van der Waals surface area (Å²) < 4.78 is 5.28. The number of fused-ring (bicyclic) bond motifs is 1. The predicted octanol–water partition coefficient (Wildman–Crippen LogP) is 4.95. The van der Waals surface area contributed by atoms with E-state index >= 15 is 0 Å². The first-order chi connectivity index (χ1) is 12.2. The highest BCUT2D eigenvalue weighted by molar-refractivity contribution is 5.80. The molecule has 1 heterocycles. The summed E-state index contributed by atoms with van der Waals surface area (Å²) >= 11 is 0. The molecule has 0 saturated carbocycles. The van der Waals surface area contributed by atoms with Crippen LogP contribution in [0.25, 0.3) is 0 Å². The van der Waals surface area contributed by atoms with Crippen molar-refractivity contribution in [3.63, 3.8) is 0 Å². The zero-order valence-corrected chi connectivity index (χ0v) is 15.2. The summed E-state index contributed by atoms with van der Waals surface area (Å²) in [7, 11) is 1.68. The third-order valence-corrected chi connectivity index (χ3v) is 5.05. The smallest absolute Gasteiger partial charge is 0.135 e. The van der Waals surface area contributed by atoms with Crippen LogP contribution >= 0.6 is 0 Å². The van der Waals surface area contributed by atoms with Crippen LogP contribution in [0.2, 0.25) is 0 Å². The molecular formula is C22H27NO2. The maximum atomic E-state index is 12.5. The van der Waals surface area contributed by atoms with Gasteiger partial charge in [0.1, 0.15) is 11.5 Å². The number of carbonyl (C=O) groups excluding carboxylic acids is 1. The van der Waals surface area contributed by atoms with Crippen molar-refractivity contribution in [3.8, 4) is 5.75 Å². The Kier molecular flexibility index (Phi) is 5.75. The Bertz CT molecular complexity index is 708. The molecule has 1 aliphatic rings. The van der Waals surface area contributed by atoms with E-state index in [4.69, 9.17) is 4.74 Å². The third kappa shape index (κ3) is 4.04. The van der Waals surface area contributed by atoms with Crippen LogP contribution in [0.5, 0.6) is 5.75 Å². The largest absolute Gasteiger partial charge is 0.497 e. The highest BCUT2D eigenvalue weighted by atomic mass is 16.5. The first-order valence-electron chi connectivity index (χ1n) is 9.23. The quantitative estimate of drug-likeness (QED) is 0.716. The summed E-state index contributed by atoms with van der Waals surface area (Å²) in [6, 6.07) is 16.9. The highest BCUT2D eigenvalue weighted by Crippen LogP contribution is 2.36. The lowest BCUT2D eigenvalue weighted by Gasteiger charge is -2.39. The van der Waals surface area contributed by atoms with Crippen molar-refractivity contribution in [2.75, 3.05) is 18.6 Å². The topological polar surface area (TPSA) is 29.5 Å². The van der Waals surface area contributed by atoms with Gasteiger partial charge in [0.2, 0.25) is 0 Å². The van der Waals surface area contributed by atoms with Gasteiger partial charge in [0.05, 0.1) is 13.2 Å². The molecule has 25 heavy (non-hydrogen) atoms. The van der Waals surface area contributed by atoms with E-state index in [1.54, 1.807) is 7.11 Å². The number of Topliss-reactive ketones (excluding diaryl/α,β-unsaturated/α-hetero) is 1. The van der Waals surface area contributed by atoms with E-state index in [0.717, 1.165) is 37.2 Å². The molecule has 0 amide bonds.